The number of rotatable bonds is 2. The minimum absolute atomic E-state index is 0.496. The molecule has 5 heteroatoms. The molecule has 0 bridgehead atoms. The van der Waals surface area contributed by atoms with Gasteiger partial charge in [-0.1, -0.05) is 0 Å². The number of aromatic nitrogens is 2. The van der Waals surface area contributed by atoms with Crippen LogP contribution in [0.15, 0.2) is 12.3 Å². The summed E-state index contributed by atoms with van der Waals surface area (Å²) in [5.41, 5.74) is 5.65. The van der Waals surface area contributed by atoms with E-state index in [0.717, 1.165) is 6.04 Å². The van der Waals surface area contributed by atoms with Gasteiger partial charge in [0.05, 0.1) is 0 Å². The number of nitrogens with two attached hydrogens (primary N) is 1. The smallest absolute Gasteiger partial charge is 0.224 e. The lowest BCUT2D eigenvalue weighted by Crippen LogP contribution is -2.43. The van der Waals surface area contributed by atoms with Crippen LogP contribution in [-0.4, -0.2) is 40.0 Å². The highest BCUT2D eigenvalue weighted by molar-refractivity contribution is 5.35. The van der Waals surface area contributed by atoms with Crippen molar-refractivity contribution in [3.63, 3.8) is 0 Å². The van der Waals surface area contributed by atoms with Gasteiger partial charge < -0.3 is 16.0 Å². The van der Waals surface area contributed by atoms with E-state index in [-0.39, 0.29) is 0 Å². The van der Waals surface area contributed by atoms with Crippen LogP contribution in [0.1, 0.15) is 25.7 Å². The molecule has 0 radical (unpaired) electrons. The Hall–Kier alpha value is -1.36. The summed E-state index contributed by atoms with van der Waals surface area (Å²) in [5.74, 6) is 1.20. The van der Waals surface area contributed by atoms with Crippen molar-refractivity contribution >= 4 is 11.8 Å². The fourth-order valence-electron chi connectivity index (χ4n) is 2.98. The maximum Gasteiger partial charge on any atom is 0.224 e. The van der Waals surface area contributed by atoms with Gasteiger partial charge in [-0.05, 0) is 38.3 Å². The van der Waals surface area contributed by atoms with Crippen LogP contribution in [0.3, 0.4) is 0 Å². The molecule has 2 saturated heterocycles. The minimum Gasteiger partial charge on any atom is -0.384 e. The van der Waals surface area contributed by atoms with E-state index >= 15 is 0 Å². The van der Waals surface area contributed by atoms with Crippen LogP contribution in [0.5, 0.6) is 0 Å². The Morgan fingerprint density at radius 1 is 1.35 bits per heavy atom. The lowest BCUT2D eigenvalue weighted by atomic mass is 9.98. The van der Waals surface area contributed by atoms with E-state index in [1.54, 1.807) is 12.3 Å². The predicted octanol–water partition coefficient (Wildman–Crippen LogP) is 1.10. The van der Waals surface area contributed by atoms with E-state index in [1.165, 1.54) is 38.8 Å². The molecule has 3 N–H and O–H groups in total. The van der Waals surface area contributed by atoms with Crippen LogP contribution < -0.4 is 11.1 Å². The molecule has 0 aromatic carbocycles. The van der Waals surface area contributed by atoms with Crippen molar-refractivity contribution in [3.05, 3.63) is 12.3 Å². The minimum atomic E-state index is 0.496. The summed E-state index contributed by atoms with van der Waals surface area (Å²) < 4.78 is 0. The lowest BCUT2D eigenvalue weighted by Gasteiger charge is -2.35. The fraction of sp³-hybridized carbons (Fsp3) is 0.667. The number of piperidine rings is 1. The average molecular weight is 233 g/mol. The molecule has 1 aromatic heterocycles. The Morgan fingerprint density at radius 2 is 2.29 bits per heavy atom. The van der Waals surface area contributed by atoms with Gasteiger partial charge in [0.25, 0.3) is 0 Å². The normalized spacial score (nSPS) is 28.9. The van der Waals surface area contributed by atoms with Crippen LogP contribution in [0.25, 0.3) is 0 Å². The number of nitrogens with zero attached hydrogens (tertiary/aromatic N) is 3. The molecule has 0 aliphatic carbocycles. The number of hydrogen-bond acceptors (Lipinski definition) is 5. The summed E-state index contributed by atoms with van der Waals surface area (Å²) in [6.07, 6.45) is 6.78. The number of nitrogens with one attached hydrogen (secondary N) is 1. The summed E-state index contributed by atoms with van der Waals surface area (Å²) in [4.78, 5) is 11.0. The van der Waals surface area contributed by atoms with Crippen LogP contribution >= 0.6 is 0 Å². The Balaban J connectivity index is 1.62. The Kier molecular flexibility index (Phi) is 2.84. The zero-order valence-electron chi connectivity index (χ0n) is 9.97. The van der Waals surface area contributed by atoms with E-state index in [1.807, 2.05) is 0 Å². The van der Waals surface area contributed by atoms with Crippen molar-refractivity contribution in [3.8, 4) is 0 Å². The second-order valence-corrected chi connectivity index (χ2v) is 5.00. The number of anilines is 2. The first-order chi connectivity index (χ1) is 8.31. The van der Waals surface area contributed by atoms with E-state index in [9.17, 15) is 0 Å². The molecule has 0 spiro atoms. The molecule has 2 aliphatic rings. The van der Waals surface area contributed by atoms with Gasteiger partial charge in [0, 0.05) is 24.8 Å². The zero-order chi connectivity index (χ0) is 11.7. The van der Waals surface area contributed by atoms with Crippen molar-refractivity contribution in [2.24, 2.45) is 0 Å². The molecule has 92 valence electrons. The molecule has 2 atom stereocenters. The molecule has 2 fully saturated rings. The zero-order valence-corrected chi connectivity index (χ0v) is 9.97. The van der Waals surface area contributed by atoms with E-state index < -0.39 is 0 Å². The third-order valence-electron chi connectivity index (χ3n) is 3.83. The first-order valence-corrected chi connectivity index (χ1v) is 6.40. The quantitative estimate of drug-likeness (QED) is 0.800. The highest BCUT2D eigenvalue weighted by Crippen LogP contribution is 2.27. The van der Waals surface area contributed by atoms with Crippen molar-refractivity contribution in [1.82, 2.24) is 14.9 Å². The standard InChI is InChI=1S/C12H19N5/c13-11-3-5-14-12(16-11)15-9-4-7-17-6-1-2-10(17)8-9/h3,5,9-10H,1-2,4,6-8H2,(H3,13,14,15,16). The van der Waals surface area contributed by atoms with Gasteiger partial charge in [-0.15, -0.1) is 0 Å². The van der Waals surface area contributed by atoms with Gasteiger partial charge in [-0.25, -0.2) is 4.98 Å². The predicted molar refractivity (Wildman–Crippen MR) is 67.7 cm³/mol. The second kappa shape index (κ2) is 4.49. The average Bonchev–Trinajstić information content (AvgIpc) is 2.76. The monoisotopic (exact) mass is 233 g/mol. The Morgan fingerprint density at radius 3 is 3.18 bits per heavy atom. The van der Waals surface area contributed by atoms with Crippen LogP contribution in [0, 0.1) is 0 Å². The van der Waals surface area contributed by atoms with Gasteiger partial charge >= 0.3 is 0 Å². The first-order valence-electron chi connectivity index (χ1n) is 6.40. The number of hydrogen-bond donors (Lipinski definition) is 2. The highest BCUT2D eigenvalue weighted by Gasteiger charge is 2.31. The van der Waals surface area contributed by atoms with E-state index in [0.29, 0.717) is 17.8 Å². The summed E-state index contributed by atoms with van der Waals surface area (Å²) in [6, 6.07) is 2.98. The van der Waals surface area contributed by atoms with Gasteiger partial charge in [-0.2, -0.15) is 4.98 Å². The molecule has 1 aromatic rings. The topological polar surface area (TPSA) is 67.1 Å². The van der Waals surface area contributed by atoms with Crippen molar-refractivity contribution in [2.45, 2.75) is 37.8 Å². The molecule has 2 unspecified atom stereocenters. The van der Waals surface area contributed by atoms with Gasteiger partial charge in [-0.3, -0.25) is 0 Å². The van der Waals surface area contributed by atoms with Crippen molar-refractivity contribution in [2.75, 3.05) is 24.1 Å². The SMILES string of the molecule is Nc1ccnc(NC2CCN3CCCC3C2)n1. The van der Waals surface area contributed by atoms with Crippen LogP contribution in [-0.2, 0) is 0 Å². The van der Waals surface area contributed by atoms with Gasteiger partial charge in [0.2, 0.25) is 5.95 Å². The lowest BCUT2D eigenvalue weighted by molar-refractivity contribution is 0.188. The largest absolute Gasteiger partial charge is 0.384 e. The Bertz CT molecular complexity index is 394. The fourth-order valence-corrected chi connectivity index (χ4v) is 2.98. The molecular formula is C12H19N5. The Labute approximate surface area is 101 Å². The first kappa shape index (κ1) is 10.8. The van der Waals surface area contributed by atoms with E-state index in [4.69, 9.17) is 5.73 Å². The molecule has 2 aliphatic heterocycles. The van der Waals surface area contributed by atoms with Gasteiger partial charge in [0.1, 0.15) is 5.82 Å². The summed E-state index contributed by atoms with van der Waals surface area (Å²) in [7, 11) is 0. The highest BCUT2D eigenvalue weighted by atomic mass is 15.2. The van der Waals surface area contributed by atoms with Gasteiger partial charge in [0.15, 0.2) is 0 Å². The third kappa shape index (κ3) is 2.34. The summed E-state index contributed by atoms with van der Waals surface area (Å²) >= 11 is 0. The van der Waals surface area contributed by atoms with Crippen molar-refractivity contribution < 1.29 is 0 Å². The van der Waals surface area contributed by atoms with Crippen LogP contribution in [0.2, 0.25) is 0 Å². The molecule has 3 rings (SSSR count). The summed E-state index contributed by atoms with van der Waals surface area (Å²) in [6.45, 7) is 2.48. The molecule has 0 amide bonds. The second-order valence-electron chi connectivity index (χ2n) is 5.00. The number of fused-ring (bicyclic) bond motifs is 1. The third-order valence-corrected chi connectivity index (χ3v) is 3.83. The van der Waals surface area contributed by atoms with Crippen LogP contribution in [0.4, 0.5) is 11.8 Å². The molecular weight excluding hydrogens is 214 g/mol. The van der Waals surface area contributed by atoms with E-state index in [2.05, 4.69) is 20.2 Å². The van der Waals surface area contributed by atoms with Crippen molar-refractivity contribution in [1.29, 1.82) is 0 Å². The molecule has 0 saturated carbocycles. The summed E-state index contributed by atoms with van der Waals surface area (Å²) in [5, 5.41) is 3.41. The maximum atomic E-state index is 5.65. The molecule has 3 heterocycles. The molecule has 5 nitrogen and oxygen atoms in total. The number of nitrogen functional groups attached to an aromatic ring is 1. The maximum absolute atomic E-state index is 5.65. The molecule has 17 heavy (non-hydrogen) atoms.